The van der Waals surface area contributed by atoms with Crippen molar-refractivity contribution in [1.29, 1.82) is 0 Å². The maximum Gasteiger partial charge on any atom is 0.229 e. The average Bonchev–Trinajstić information content (AvgIpc) is 3.53. The van der Waals surface area contributed by atoms with Crippen molar-refractivity contribution in [1.82, 2.24) is 29.5 Å². The van der Waals surface area contributed by atoms with E-state index in [0.717, 1.165) is 47.6 Å². The van der Waals surface area contributed by atoms with Crippen molar-refractivity contribution >= 4 is 28.7 Å². The molecule has 0 amide bonds. The van der Waals surface area contributed by atoms with Crippen LogP contribution in [-0.2, 0) is 6.42 Å². The van der Waals surface area contributed by atoms with E-state index in [2.05, 4.69) is 49.2 Å². The lowest BCUT2D eigenvalue weighted by atomic mass is 10.1. The van der Waals surface area contributed by atoms with Crippen LogP contribution in [0.5, 0.6) is 0 Å². The molecule has 0 spiro atoms. The number of hydrogen-bond acceptors (Lipinski definition) is 7. The number of rotatable bonds is 6. The van der Waals surface area contributed by atoms with E-state index in [1.54, 1.807) is 19.4 Å². The summed E-state index contributed by atoms with van der Waals surface area (Å²) in [6.45, 7) is 2.14. The maximum atomic E-state index is 4.80. The van der Waals surface area contributed by atoms with Crippen molar-refractivity contribution < 1.29 is 0 Å². The molecule has 1 fully saturated rings. The molecule has 1 aliphatic carbocycles. The smallest absolute Gasteiger partial charge is 0.229 e. The minimum Gasteiger partial charge on any atom is -0.357 e. The Labute approximate surface area is 168 Å². The van der Waals surface area contributed by atoms with Crippen LogP contribution < -0.4 is 10.6 Å². The molecule has 5 rings (SSSR count). The van der Waals surface area contributed by atoms with Gasteiger partial charge in [0.1, 0.15) is 11.2 Å². The third-order valence-corrected chi connectivity index (χ3v) is 5.04. The second-order valence-corrected chi connectivity index (χ2v) is 7.13. The Morgan fingerprint density at radius 3 is 2.76 bits per heavy atom. The Morgan fingerprint density at radius 2 is 1.97 bits per heavy atom. The highest BCUT2D eigenvalue weighted by Gasteiger charge is 2.30. The molecular weight excluding hydrogens is 364 g/mol. The van der Waals surface area contributed by atoms with Crippen LogP contribution in [0.3, 0.4) is 0 Å². The predicted octanol–water partition coefficient (Wildman–Crippen LogP) is 3.97. The van der Waals surface area contributed by atoms with Crippen molar-refractivity contribution in [3.05, 3.63) is 48.3 Å². The van der Waals surface area contributed by atoms with Crippen molar-refractivity contribution in [2.24, 2.45) is 0 Å². The predicted molar refractivity (Wildman–Crippen MR) is 113 cm³/mol. The lowest BCUT2D eigenvalue weighted by Crippen LogP contribution is -2.03. The molecule has 0 radical (unpaired) electrons. The number of anilines is 3. The topological polar surface area (TPSA) is 93.4 Å². The van der Waals surface area contributed by atoms with Crippen LogP contribution in [0.15, 0.2) is 42.7 Å². The summed E-state index contributed by atoms with van der Waals surface area (Å²) >= 11 is 0. The number of hydrogen-bond donors (Lipinski definition) is 2. The second kappa shape index (κ2) is 7.12. The summed E-state index contributed by atoms with van der Waals surface area (Å²) in [4.78, 5) is 22.8. The van der Waals surface area contributed by atoms with E-state index in [4.69, 9.17) is 9.97 Å². The minimum atomic E-state index is 0.397. The zero-order valence-electron chi connectivity index (χ0n) is 16.4. The van der Waals surface area contributed by atoms with Gasteiger partial charge in [-0.1, -0.05) is 19.1 Å². The Kier molecular flexibility index (Phi) is 4.31. The van der Waals surface area contributed by atoms with Gasteiger partial charge in [-0.25, -0.2) is 19.9 Å². The third kappa shape index (κ3) is 3.37. The molecule has 0 atom stereocenters. The molecule has 0 aliphatic heterocycles. The summed E-state index contributed by atoms with van der Waals surface area (Å²) in [6, 6.07) is 10.6. The molecule has 29 heavy (non-hydrogen) atoms. The van der Waals surface area contributed by atoms with Crippen LogP contribution in [0.2, 0.25) is 0 Å². The summed E-state index contributed by atoms with van der Waals surface area (Å²) in [5.41, 5.74) is 4.63. The maximum absolute atomic E-state index is 4.80. The largest absolute Gasteiger partial charge is 0.357 e. The Morgan fingerprint density at radius 1 is 1.07 bits per heavy atom. The highest BCUT2D eigenvalue weighted by molar-refractivity contribution is 5.77. The lowest BCUT2D eigenvalue weighted by Gasteiger charge is -2.09. The molecule has 3 aromatic heterocycles. The van der Waals surface area contributed by atoms with Crippen molar-refractivity contribution in [2.75, 3.05) is 17.7 Å². The summed E-state index contributed by atoms with van der Waals surface area (Å²) < 4.78 is 2.19. The third-order valence-electron chi connectivity index (χ3n) is 5.04. The van der Waals surface area contributed by atoms with Crippen LogP contribution in [0.4, 0.5) is 17.6 Å². The molecule has 2 N–H and O–H groups in total. The Bertz CT molecular complexity index is 1180. The van der Waals surface area contributed by atoms with Gasteiger partial charge in [0.25, 0.3) is 0 Å². The number of nitrogens with zero attached hydrogens (tertiary/aromatic N) is 6. The van der Waals surface area contributed by atoms with Crippen molar-refractivity contribution in [2.45, 2.75) is 32.2 Å². The van der Waals surface area contributed by atoms with Gasteiger partial charge >= 0.3 is 0 Å². The van der Waals surface area contributed by atoms with E-state index < -0.39 is 0 Å². The Balaban J connectivity index is 1.57. The molecule has 146 valence electrons. The first-order valence-corrected chi connectivity index (χ1v) is 9.87. The molecule has 1 saturated carbocycles. The SMILES string of the molecule is CCc1cccc(Nc2ncc3nc(-c4ccnc(NC)n4)n(C4CC4)c3n2)c1. The van der Waals surface area contributed by atoms with Crippen molar-refractivity contribution in [3.8, 4) is 11.5 Å². The van der Waals surface area contributed by atoms with E-state index in [-0.39, 0.29) is 0 Å². The fourth-order valence-electron chi connectivity index (χ4n) is 3.41. The molecule has 8 heteroatoms. The normalized spacial score (nSPS) is 13.6. The summed E-state index contributed by atoms with van der Waals surface area (Å²) in [5, 5.41) is 6.31. The van der Waals surface area contributed by atoms with E-state index >= 15 is 0 Å². The molecule has 0 saturated heterocycles. The van der Waals surface area contributed by atoms with Gasteiger partial charge in [0, 0.05) is 25.0 Å². The summed E-state index contributed by atoms with van der Waals surface area (Å²) in [5.74, 6) is 1.94. The van der Waals surface area contributed by atoms with Gasteiger partial charge in [-0.05, 0) is 43.0 Å². The van der Waals surface area contributed by atoms with Gasteiger partial charge in [-0.2, -0.15) is 4.98 Å². The zero-order chi connectivity index (χ0) is 19.8. The molecule has 1 aromatic carbocycles. The highest BCUT2D eigenvalue weighted by Crippen LogP contribution is 2.40. The van der Waals surface area contributed by atoms with Crippen LogP contribution in [0.1, 0.15) is 31.4 Å². The first-order valence-electron chi connectivity index (χ1n) is 9.87. The van der Waals surface area contributed by atoms with Crippen LogP contribution in [-0.4, -0.2) is 36.5 Å². The minimum absolute atomic E-state index is 0.397. The molecule has 0 bridgehead atoms. The summed E-state index contributed by atoms with van der Waals surface area (Å²) in [6.07, 6.45) is 6.74. The fourth-order valence-corrected chi connectivity index (χ4v) is 3.41. The van der Waals surface area contributed by atoms with Gasteiger partial charge in [0.05, 0.1) is 6.20 Å². The van der Waals surface area contributed by atoms with E-state index in [1.165, 1.54) is 5.56 Å². The van der Waals surface area contributed by atoms with Crippen LogP contribution >= 0.6 is 0 Å². The molecule has 1 aliphatic rings. The highest BCUT2D eigenvalue weighted by atomic mass is 15.2. The number of fused-ring (bicyclic) bond motifs is 1. The number of benzene rings is 1. The fraction of sp³-hybridized carbons (Fsp3) is 0.286. The molecular formula is C21H22N8. The van der Waals surface area contributed by atoms with E-state index in [0.29, 0.717) is 17.9 Å². The second-order valence-electron chi connectivity index (χ2n) is 7.13. The van der Waals surface area contributed by atoms with Crippen LogP contribution in [0.25, 0.3) is 22.7 Å². The number of nitrogens with one attached hydrogen (secondary N) is 2. The van der Waals surface area contributed by atoms with E-state index in [9.17, 15) is 0 Å². The molecule has 4 aromatic rings. The standard InChI is InChI=1S/C21H22N8/c1-3-13-5-4-6-14(11-13)25-21-24-12-17-19(28-21)29(15-7-8-15)18(26-17)16-9-10-23-20(22-2)27-16/h4-6,9-12,15H,3,7-8H2,1-2H3,(H,22,23,27)(H,24,25,28). The van der Waals surface area contributed by atoms with Gasteiger partial charge in [-0.15, -0.1) is 0 Å². The number of imidazole rings is 1. The monoisotopic (exact) mass is 386 g/mol. The lowest BCUT2D eigenvalue weighted by molar-refractivity contribution is 0.763. The first kappa shape index (κ1) is 17.5. The molecule has 3 heterocycles. The van der Waals surface area contributed by atoms with Gasteiger partial charge in [-0.3, -0.25) is 0 Å². The van der Waals surface area contributed by atoms with E-state index in [1.807, 2.05) is 18.2 Å². The number of aryl methyl sites for hydroxylation is 1. The quantitative estimate of drug-likeness (QED) is 0.518. The van der Waals surface area contributed by atoms with Gasteiger partial charge in [0.2, 0.25) is 11.9 Å². The molecule has 8 nitrogen and oxygen atoms in total. The van der Waals surface area contributed by atoms with Crippen LogP contribution in [0, 0.1) is 0 Å². The Hall–Kier alpha value is -3.55. The van der Waals surface area contributed by atoms with Crippen molar-refractivity contribution in [3.63, 3.8) is 0 Å². The first-order chi connectivity index (χ1) is 14.2. The van der Waals surface area contributed by atoms with Gasteiger partial charge in [0.15, 0.2) is 11.5 Å². The number of aromatic nitrogens is 6. The van der Waals surface area contributed by atoms with Gasteiger partial charge < -0.3 is 15.2 Å². The molecule has 0 unspecified atom stereocenters. The summed E-state index contributed by atoms with van der Waals surface area (Å²) in [7, 11) is 1.81. The average molecular weight is 386 g/mol. The zero-order valence-corrected chi connectivity index (χ0v) is 16.4.